The minimum Gasteiger partial charge on any atom is -0.303 e. The van der Waals surface area contributed by atoms with Crippen molar-refractivity contribution in [3.63, 3.8) is 0 Å². The van der Waals surface area contributed by atoms with E-state index >= 15 is 0 Å². The van der Waals surface area contributed by atoms with E-state index in [0.29, 0.717) is 0 Å². The molecule has 0 radical (unpaired) electrons. The highest BCUT2D eigenvalue weighted by Gasteiger charge is 2.10. The molecule has 0 saturated carbocycles. The van der Waals surface area contributed by atoms with E-state index in [1.165, 1.54) is 6.92 Å². The van der Waals surface area contributed by atoms with Crippen molar-refractivity contribution in [3.8, 4) is 0 Å². The summed E-state index contributed by atoms with van der Waals surface area (Å²) in [7, 11) is -4.17. The summed E-state index contributed by atoms with van der Waals surface area (Å²) in [6.45, 7) is 5.27. The van der Waals surface area contributed by atoms with Gasteiger partial charge < -0.3 is 14.6 Å². The normalized spacial score (nSPS) is 10.5. The predicted octanol–water partition coefficient (Wildman–Crippen LogP) is 0.957. The molecule has 0 spiro atoms. The Morgan fingerprint density at radius 3 is 1.83 bits per heavy atom. The summed E-state index contributed by atoms with van der Waals surface area (Å²) in [6.07, 6.45) is 0.917. The molecule has 0 rings (SSSR count). The molecule has 0 aliphatic rings. The smallest absolute Gasteiger partial charge is 0.303 e. The molecule has 0 amide bonds. The Kier molecular flexibility index (Phi) is 8.86. The Bertz CT molecular complexity index is 150. The van der Waals surface area contributed by atoms with Crippen LogP contribution in [0.3, 0.4) is 0 Å². The van der Waals surface area contributed by atoms with Gasteiger partial charge >= 0.3 is 7.82 Å². The van der Waals surface area contributed by atoms with Gasteiger partial charge in [-0.3, -0.25) is 4.52 Å². The number of hydrogen-bond donors (Lipinski definition) is 2. The topological polar surface area (TPSA) is 83.8 Å². The number of hydrogen-bond acceptors (Lipinski definition) is 3. The van der Waals surface area contributed by atoms with Gasteiger partial charge in [0.05, 0.1) is 6.61 Å². The van der Waals surface area contributed by atoms with Gasteiger partial charge in [0.15, 0.2) is 0 Å². The molecule has 0 aliphatic carbocycles. The average molecular weight is 198 g/mol. The molecular formula is C6H15O5P. The Morgan fingerprint density at radius 1 is 1.50 bits per heavy atom. The van der Waals surface area contributed by atoms with Gasteiger partial charge in [-0.25, -0.2) is 4.57 Å². The second-order valence-corrected chi connectivity index (χ2v) is 3.53. The number of phosphoric ester groups is 1. The van der Waals surface area contributed by atoms with Crippen LogP contribution in [0.1, 0.15) is 20.8 Å². The van der Waals surface area contributed by atoms with E-state index in [-0.39, 0.29) is 12.5 Å². The van der Waals surface area contributed by atoms with Crippen molar-refractivity contribution in [2.75, 3.05) is 6.61 Å². The molecule has 0 aromatic heterocycles. The summed E-state index contributed by atoms with van der Waals surface area (Å²) < 4.78 is 13.6. The maximum Gasteiger partial charge on any atom is 0.469 e. The molecule has 2 N–H and O–H groups in total. The summed E-state index contributed by atoms with van der Waals surface area (Å²) in [5, 5.41) is 0. The molecule has 0 aromatic carbocycles. The molecule has 0 aliphatic heterocycles. The molecule has 0 saturated heterocycles. The van der Waals surface area contributed by atoms with Gasteiger partial charge in [0.25, 0.3) is 0 Å². The van der Waals surface area contributed by atoms with E-state index in [9.17, 15) is 9.36 Å². The molecule has 0 bridgehead atoms. The van der Waals surface area contributed by atoms with Crippen molar-refractivity contribution in [3.05, 3.63) is 0 Å². The van der Waals surface area contributed by atoms with E-state index < -0.39 is 7.82 Å². The van der Waals surface area contributed by atoms with Crippen LogP contribution < -0.4 is 0 Å². The summed E-state index contributed by atoms with van der Waals surface area (Å²) in [5.41, 5.74) is 0. The fourth-order valence-corrected chi connectivity index (χ4v) is 0.505. The van der Waals surface area contributed by atoms with Crippen molar-refractivity contribution in [1.29, 1.82) is 0 Å². The van der Waals surface area contributed by atoms with Crippen LogP contribution in [0.25, 0.3) is 0 Å². The van der Waals surface area contributed by atoms with Crippen LogP contribution in [0.2, 0.25) is 0 Å². The lowest BCUT2D eigenvalue weighted by Gasteiger charge is -1.98. The highest BCUT2D eigenvalue weighted by Crippen LogP contribution is 2.34. The van der Waals surface area contributed by atoms with Gasteiger partial charge in [0.2, 0.25) is 0 Å². The third kappa shape index (κ3) is 22.6. The zero-order valence-corrected chi connectivity index (χ0v) is 8.32. The van der Waals surface area contributed by atoms with E-state index in [1.807, 2.05) is 13.8 Å². The molecular weight excluding hydrogens is 183 g/mol. The summed E-state index contributed by atoms with van der Waals surface area (Å²) in [5.74, 6) is 0.204. The van der Waals surface area contributed by atoms with Crippen molar-refractivity contribution >= 4 is 14.1 Å². The zero-order valence-electron chi connectivity index (χ0n) is 7.43. The Hall–Kier alpha value is -0.220. The SMILES string of the molecule is CC(C)C=O.CCOP(=O)(O)O. The van der Waals surface area contributed by atoms with Crippen molar-refractivity contribution in [2.24, 2.45) is 5.92 Å². The average Bonchev–Trinajstić information content (AvgIpc) is 1.86. The third-order valence-corrected chi connectivity index (χ3v) is 1.16. The standard InChI is InChI=1S/C4H8O.C2H7O4P/c1-4(2)3-5;1-2-6-7(3,4)5/h3-4H,1-2H3;2H2,1H3,(H2,3,4,5). The summed E-state index contributed by atoms with van der Waals surface area (Å²) in [6, 6.07) is 0. The Morgan fingerprint density at radius 2 is 1.83 bits per heavy atom. The molecule has 0 atom stereocenters. The van der Waals surface area contributed by atoms with Crippen LogP contribution in [0.4, 0.5) is 0 Å². The van der Waals surface area contributed by atoms with E-state index in [4.69, 9.17) is 9.79 Å². The van der Waals surface area contributed by atoms with Crippen LogP contribution in [0.15, 0.2) is 0 Å². The van der Waals surface area contributed by atoms with Crippen molar-refractivity contribution in [2.45, 2.75) is 20.8 Å². The fourth-order valence-electron chi connectivity index (χ4n) is 0.168. The molecule has 0 aromatic rings. The minimum absolute atomic E-state index is 0.0459. The lowest BCUT2D eigenvalue weighted by Crippen LogP contribution is -1.84. The quantitative estimate of drug-likeness (QED) is 0.521. The lowest BCUT2D eigenvalue weighted by molar-refractivity contribution is -0.110. The number of aldehydes is 1. The van der Waals surface area contributed by atoms with Crippen LogP contribution in [-0.4, -0.2) is 22.7 Å². The molecule has 0 unspecified atom stereocenters. The summed E-state index contributed by atoms with van der Waals surface area (Å²) >= 11 is 0. The minimum atomic E-state index is -4.17. The van der Waals surface area contributed by atoms with Gasteiger partial charge in [-0.1, -0.05) is 13.8 Å². The van der Waals surface area contributed by atoms with E-state index in [0.717, 1.165) is 6.29 Å². The van der Waals surface area contributed by atoms with Gasteiger partial charge in [-0.05, 0) is 6.92 Å². The molecule has 0 fully saturated rings. The van der Waals surface area contributed by atoms with E-state index in [2.05, 4.69) is 4.52 Å². The fraction of sp³-hybridized carbons (Fsp3) is 0.833. The molecule has 12 heavy (non-hydrogen) atoms. The van der Waals surface area contributed by atoms with Crippen molar-refractivity contribution in [1.82, 2.24) is 0 Å². The van der Waals surface area contributed by atoms with Crippen LogP contribution in [0.5, 0.6) is 0 Å². The van der Waals surface area contributed by atoms with Gasteiger partial charge in [-0.15, -0.1) is 0 Å². The first-order chi connectivity index (χ1) is 5.33. The number of carbonyl (C=O) groups is 1. The molecule has 0 heterocycles. The first-order valence-electron chi connectivity index (χ1n) is 3.48. The van der Waals surface area contributed by atoms with Crippen LogP contribution >= 0.6 is 7.82 Å². The predicted molar refractivity (Wildman–Crippen MR) is 44.6 cm³/mol. The highest BCUT2D eigenvalue weighted by atomic mass is 31.2. The maximum absolute atomic E-state index is 9.70. The number of rotatable bonds is 3. The Labute approximate surface area is 72.0 Å². The second kappa shape index (κ2) is 7.43. The number of phosphoric acid groups is 1. The van der Waals surface area contributed by atoms with Gasteiger partial charge in [-0.2, -0.15) is 0 Å². The van der Waals surface area contributed by atoms with E-state index in [1.54, 1.807) is 0 Å². The maximum atomic E-state index is 9.70. The third-order valence-electron chi connectivity index (χ3n) is 0.569. The van der Waals surface area contributed by atoms with Gasteiger partial charge in [0, 0.05) is 5.92 Å². The second-order valence-electron chi connectivity index (χ2n) is 2.29. The lowest BCUT2D eigenvalue weighted by atomic mass is 10.3. The van der Waals surface area contributed by atoms with Crippen molar-refractivity contribution < 1.29 is 23.7 Å². The molecule has 5 nitrogen and oxygen atoms in total. The Balaban J connectivity index is 0. The molecule has 74 valence electrons. The van der Waals surface area contributed by atoms with Gasteiger partial charge in [0.1, 0.15) is 6.29 Å². The largest absolute Gasteiger partial charge is 0.469 e. The van der Waals surface area contributed by atoms with Crippen LogP contribution in [-0.2, 0) is 13.9 Å². The number of carbonyl (C=O) groups excluding carboxylic acids is 1. The molecule has 6 heteroatoms. The first-order valence-corrected chi connectivity index (χ1v) is 5.01. The zero-order chi connectivity index (χ0) is 10.2. The van der Waals surface area contributed by atoms with Crippen LogP contribution in [0, 0.1) is 5.92 Å². The monoisotopic (exact) mass is 198 g/mol. The first kappa shape index (κ1) is 14.3. The summed E-state index contributed by atoms with van der Waals surface area (Å²) in [4.78, 5) is 25.3. The highest BCUT2D eigenvalue weighted by molar-refractivity contribution is 7.46.